The number of aldehydes is 1. The third-order valence-corrected chi connectivity index (χ3v) is 1.42. The van der Waals surface area contributed by atoms with Crippen LogP contribution in [0, 0.1) is 6.92 Å². The lowest BCUT2D eigenvalue weighted by molar-refractivity contribution is -0.114. The van der Waals surface area contributed by atoms with Gasteiger partial charge >= 0.3 is 0 Å². The Bertz CT molecular complexity index is 347. The first-order chi connectivity index (χ1) is 6.11. The molecule has 1 rings (SSSR count). The average molecular weight is 178 g/mol. The lowest BCUT2D eigenvalue weighted by atomic mass is 10.2. The van der Waals surface area contributed by atoms with E-state index in [4.69, 9.17) is 0 Å². The Morgan fingerprint density at radius 1 is 1.54 bits per heavy atom. The minimum Gasteiger partial charge on any atom is -0.311 e. The number of anilines is 1. The summed E-state index contributed by atoms with van der Waals surface area (Å²) in [5.41, 5.74) is 1.21. The molecule has 1 N–H and O–H groups in total. The Balaban J connectivity index is 3.01. The molecule has 1 heterocycles. The van der Waals surface area contributed by atoms with E-state index < -0.39 is 0 Å². The summed E-state index contributed by atoms with van der Waals surface area (Å²) in [5.74, 6) is 0.213. The van der Waals surface area contributed by atoms with Gasteiger partial charge in [0.05, 0.1) is 0 Å². The number of amides is 1. The first-order valence-electron chi connectivity index (χ1n) is 3.83. The number of hydrogen-bond acceptors (Lipinski definition) is 3. The Labute approximate surface area is 76.0 Å². The van der Waals surface area contributed by atoms with E-state index in [0.29, 0.717) is 17.1 Å². The van der Waals surface area contributed by atoms with Crippen LogP contribution in [0.2, 0.25) is 0 Å². The highest BCUT2D eigenvalue weighted by molar-refractivity contribution is 5.88. The van der Waals surface area contributed by atoms with Gasteiger partial charge in [-0.3, -0.25) is 9.59 Å². The molecule has 0 aromatic carbocycles. The molecule has 13 heavy (non-hydrogen) atoms. The van der Waals surface area contributed by atoms with E-state index in [2.05, 4.69) is 10.3 Å². The highest BCUT2D eigenvalue weighted by Gasteiger charge is 2.00. The predicted molar refractivity (Wildman–Crippen MR) is 48.7 cm³/mol. The third kappa shape index (κ3) is 2.66. The van der Waals surface area contributed by atoms with Crippen molar-refractivity contribution in [3.63, 3.8) is 0 Å². The molecule has 1 amide bonds. The largest absolute Gasteiger partial charge is 0.311 e. The van der Waals surface area contributed by atoms with Gasteiger partial charge in [-0.15, -0.1) is 0 Å². The lowest BCUT2D eigenvalue weighted by Crippen LogP contribution is -2.08. The van der Waals surface area contributed by atoms with Crippen molar-refractivity contribution in [2.45, 2.75) is 13.8 Å². The van der Waals surface area contributed by atoms with Crippen LogP contribution >= 0.6 is 0 Å². The minimum absolute atomic E-state index is 0.199. The first kappa shape index (κ1) is 9.38. The summed E-state index contributed by atoms with van der Waals surface area (Å²) < 4.78 is 0. The van der Waals surface area contributed by atoms with Crippen molar-refractivity contribution in [2.24, 2.45) is 0 Å². The van der Waals surface area contributed by atoms with E-state index in [1.54, 1.807) is 13.0 Å². The van der Waals surface area contributed by atoms with Crippen molar-refractivity contribution >= 4 is 18.0 Å². The molecule has 4 nitrogen and oxygen atoms in total. The highest BCUT2D eigenvalue weighted by Crippen LogP contribution is 2.07. The Morgan fingerprint density at radius 2 is 2.23 bits per heavy atom. The monoisotopic (exact) mass is 178 g/mol. The molecule has 68 valence electrons. The average Bonchev–Trinajstić information content (AvgIpc) is 2.01. The highest BCUT2D eigenvalue weighted by atomic mass is 16.1. The topological polar surface area (TPSA) is 59.1 Å². The van der Waals surface area contributed by atoms with E-state index in [9.17, 15) is 9.59 Å². The summed E-state index contributed by atoms with van der Waals surface area (Å²) >= 11 is 0. The number of carbonyl (C=O) groups is 2. The molecule has 0 fully saturated rings. The summed E-state index contributed by atoms with van der Waals surface area (Å²) in [6.45, 7) is 3.16. The molecule has 0 aliphatic heterocycles. The van der Waals surface area contributed by atoms with E-state index in [-0.39, 0.29) is 5.91 Å². The third-order valence-electron chi connectivity index (χ3n) is 1.42. The van der Waals surface area contributed by atoms with Gasteiger partial charge in [-0.25, -0.2) is 4.98 Å². The van der Waals surface area contributed by atoms with Crippen LogP contribution < -0.4 is 5.32 Å². The van der Waals surface area contributed by atoms with Crippen molar-refractivity contribution in [1.82, 2.24) is 4.98 Å². The number of aryl methyl sites for hydroxylation is 1. The van der Waals surface area contributed by atoms with E-state index >= 15 is 0 Å². The fourth-order valence-electron chi connectivity index (χ4n) is 1.01. The van der Waals surface area contributed by atoms with Crippen LogP contribution in [0.3, 0.4) is 0 Å². The number of nitrogens with zero attached hydrogens (tertiary/aromatic N) is 1. The number of nitrogens with one attached hydrogen (secondary N) is 1. The zero-order valence-electron chi connectivity index (χ0n) is 7.50. The van der Waals surface area contributed by atoms with Gasteiger partial charge in [0.2, 0.25) is 5.91 Å². The summed E-state index contributed by atoms with van der Waals surface area (Å²) in [7, 11) is 0. The van der Waals surface area contributed by atoms with Gasteiger partial charge in [-0.1, -0.05) is 0 Å². The van der Waals surface area contributed by atoms with Crippen molar-refractivity contribution in [2.75, 3.05) is 5.32 Å². The second-order valence-corrected chi connectivity index (χ2v) is 2.73. The number of carbonyl (C=O) groups excluding carboxylic acids is 2. The molecule has 0 spiro atoms. The summed E-state index contributed by atoms with van der Waals surface area (Å²) in [6.07, 6.45) is 0.722. The molecule has 0 radical (unpaired) electrons. The fraction of sp³-hybridized carbons (Fsp3) is 0.222. The van der Waals surface area contributed by atoms with Gasteiger partial charge in [0.25, 0.3) is 0 Å². The molecule has 0 saturated heterocycles. The lowest BCUT2D eigenvalue weighted by Gasteiger charge is -2.02. The summed E-state index contributed by atoms with van der Waals surface area (Å²) in [5, 5.41) is 2.51. The van der Waals surface area contributed by atoms with Crippen molar-refractivity contribution in [3.05, 3.63) is 23.4 Å². The van der Waals surface area contributed by atoms with Crippen molar-refractivity contribution in [3.8, 4) is 0 Å². The van der Waals surface area contributed by atoms with Gasteiger partial charge in [-0.2, -0.15) is 0 Å². The van der Waals surface area contributed by atoms with Crippen LogP contribution in [0.5, 0.6) is 0 Å². The summed E-state index contributed by atoms with van der Waals surface area (Å²) in [4.78, 5) is 25.2. The van der Waals surface area contributed by atoms with Gasteiger partial charge in [0.1, 0.15) is 12.1 Å². The Hall–Kier alpha value is -1.71. The van der Waals surface area contributed by atoms with Crippen molar-refractivity contribution in [1.29, 1.82) is 0 Å². The second-order valence-electron chi connectivity index (χ2n) is 2.73. The smallest absolute Gasteiger partial charge is 0.222 e. The molecule has 0 unspecified atom stereocenters. The molecule has 0 saturated carbocycles. The fourth-order valence-corrected chi connectivity index (χ4v) is 1.01. The van der Waals surface area contributed by atoms with Crippen LogP contribution in [0.4, 0.5) is 5.82 Å². The number of hydrogen-bond donors (Lipinski definition) is 1. The molecule has 0 aliphatic carbocycles. The van der Waals surface area contributed by atoms with Crippen LogP contribution in [-0.4, -0.2) is 17.2 Å². The second kappa shape index (κ2) is 3.80. The molecule has 0 atom stereocenters. The summed E-state index contributed by atoms with van der Waals surface area (Å²) in [6, 6.07) is 3.18. The van der Waals surface area contributed by atoms with Crippen molar-refractivity contribution < 1.29 is 9.59 Å². The van der Waals surface area contributed by atoms with Gasteiger partial charge in [-0.05, 0) is 19.1 Å². The normalized spacial score (nSPS) is 9.38. The van der Waals surface area contributed by atoms with Gasteiger partial charge in [0.15, 0.2) is 0 Å². The van der Waals surface area contributed by atoms with Crippen LogP contribution in [-0.2, 0) is 4.79 Å². The van der Waals surface area contributed by atoms with Gasteiger partial charge in [0, 0.05) is 18.2 Å². The van der Waals surface area contributed by atoms with Crippen LogP contribution in [0.25, 0.3) is 0 Å². The molecule has 4 heteroatoms. The van der Waals surface area contributed by atoms with Crippen LogP contribution in [0.15, 0.2) is 12.1 Å². The number of pyridine rings is 1. The number of aromatic nitrogens is 1. The standard InChI is InChI=1S/C9H10N2O2/c1-6-3-8(5-12)4-9(10-6)11-7(2)13/h3-5H,1-2H3,(H,10,11,13). The maximum Gasteiger partial charge on any atom is 0.222 e. The van der Waals surface area contributed by atoms with E-state index in [0.717, 1.165) is 6.29 Å². The Kier molecular flexibility index (Phi) is 2.74. The maximum atomic E-state index is 10.7. The SMILES string of the molecule is CC(=O)Nc1cc(C=O)cc(C)n1. The molecular weight excluding hydrogens is 168 g/mol. The van der Waals surface area contributed by atoms with Gasteiger partial charge < -0.3 is 5.32 Å². The zero-order valence-corrected chi connectivity index (χ0v) is 7.50. The quantitative estimate of drug-likeness (QED) is 0.691. The van der Waals surface area contributed by atoms with E-state index in [1.807, 2.05) is 0 Å². The molecule has 1 aromatic rings. The zero-order chi connectivity index (χ0) is 9.84. The molecular formula is C9H10N2O2. The molecule has 1 aromatic heterocycles. The minimum atomic E-state index is -0.199. The molecule has 0 aliphatic rings. The predicted octanol–water partition coefficient (Wildman–Crippen LogP) is 1.16. The van der Waals surface area contributed by atoms with E-state index in [1.165, 1.54) is 13.0 Å². The first-order valence-corrected chi connectivity index (χ1v) is 3.83. The Morgan fingerprint density at radius 3 is 2.77 bits per heavy atom. The maximum absolute atomic E-state index is 10.7. The van der Waals surface area contributed by atoms with Crippen LogP contribution in [0.1, 0.15) is 23.0 Å². The number of rotatable bonds is 2. The molecule has 0 bridgehead atoms.